The van der Waals surface area contributed by atoms with Crippen LogP contribution in [-0.2, 0) is 0 Å². The largest absolute Gasteiger partial charge is 0.289 e. The Labute approximate surface area is 91.0 Å². The number of hydrogen-bond acceptors (Lipinski definition) is 2. The van der Waals surface area contributed by atoms with Gasteiger partial charge in [0.05, 0.1) is 0 Å². The summed E-state index contributed by atoms with van der Waals surface area (Å²) in [7, 11) is 0. The first-order valence-corrected chi connectivity index (χ1v) is 5.48. The molecule has 1 nitrogen and oxygen atoms in total. The Morgan fingerprint density at radius 2 is 2.00 bits per heavy atom. The van der Waals surface area contributed by atoms with E-state index < -0.39 is 0 Å². The minimum absolute atomic E-state index is 0.0961. The van der Waals surface area contributed by atoms with Gasteiger partial charge in [0.1, 0.15) is 0 Å². The quantitative estimate of drug-likeness (QED) is 0.669. The highest BCUT2D eigenvalue weighted by Gasteiger charge is 2.05. The Morgan fingerprint density at radius 1 is 1.29 bits per heavy atom. The van der Waals surface area contributed by atoms with Crippen molar-refractivity contribution < 1.29 is 0 Å². The van der Waals surface area contributed by atoms with Gasteiger partial charge in [-0.25, -0.2) is 0 Å². The Balaban J connectivity index is 2.99. The van der Waals surface area contributed by atoms with Crippen molar-refractivity contribution in [2.24, 2.45) is 0 Å². The lowest BCUT2D eigenvalue weighted by atomic mass is 10.2. The topological polar surface area (TPSA) is 17.1 Å². The maximum atomic E-state index is 11.8. The van der Waals surface area contributed by atoms with E-state index in [0.29, 0.717) is 5.02 Å². The van der Waals surface area contributed by atoms with Gasteiger partial charge in [0.2, 0.25) is 0 Å². The van der Waals surface area contributed by atoms with Crippen molar-refractivity contribution in [1.82, 2.24) is 0 Å². The van der Waals surface area contributed by atoms with Gasteiger partial charge >= 0.3 is 0 Å². The van der Waals surface area contributed by atoms with Crippen molar-refractivity contribution in [2.45, 2.75) is 13.8 Å². The monoisotopic (exact) mass is 224 g/mol. The Kier molecular flexibility index (Phi) is 2.33. The maximum absolute atomic E-state index is 11.8. The van der Waals surface area contributed by atoms with Crippen LogP contribution in [0, 0.1) is 13.8 Å². The number of fused-ring (bicyclic) bond motifs is 1. The summed E-state index contributed by atoms with van der Waals surface area (Å²) in [6.45, 7) is 3.82. The molecule has 0 spiro atoms. The molecule has 0 aliphatic rings. The molecule has 2 aromatic rings. The van der Waals surface area contributed by atoms with Gasteiger partial charge in [0.15, 0.2) is 5.43 Å². The van der Waals surface area contributed by atoms with Gasteiger partial charge < -0.3 is 0 Å². The second kappa shape index (κ2) is 3.37. The van der Waals surface area contributed by atoms with E-state index in [1.807, 2.05) is 26.0 Å². The van der Waals surface area contributed by atoms with Crippen molar-refractivity contribution in [3.8, 4) is 0 Å². The Bertz CT molecular complexity index is 557. The van der Waals surface area contributed by atoms with E-state index in [4.69, 9.17) is 11.6 Å². The molecule has 72 valence electrons. The summed E-state index contributed by atoms with van der Waals surface area (Å²) in [4.78, 5) is 12.9. The lowest BCUT2D eigenvalue weighted by Gasteiger charge is -2.01. The van der Waals surface area contributed by atoms with Crippen LogP contribution in [0.4, 0.5) is 0 Å². The molecule has 14 heavy (non-hydrogen) atoms. The molecule has 1 heterocycles. The average Bonchev–Trinajstić information content (AvgIpc) is 2.16. The van der Waals surface area contributed by atoms with Crippen molar-refractivity contribution in [3.05, 3.63) is 43.9 Å². The van der Waals surface area contributed by atoms with Crippen LogP contribution >= 0.6 is 22.9 Å². The molecular weight excluding hydrogens is 216 g/mol. The minimum atomic E-state index is 0.0961. The van der Waals surface area contributed by atoms with Gasteiger partial charge in [-0.3, -0.25) is 4.79 Å². The number of halogens is 1. The molecule has 0 saturated carbocycles. The molecule has 0 saturated heterocycles. The number of hydrogen-bond donors (Lipinski definition) is 0. The molecule has 0 atom stereocenters. The fraction of sp³-hybridized carbons (Fsp3) is 0.182. The van der Waals surface area contributed by atoms with Crippen LogP contribution in [0.2, 0.25) is 5.02 Å². The molecule has 0 N–H and O–H groups in total. The second-order valence-corrected chi connectivity index (χ2v) is 4.95. The molecule has 2 rings (SSSR count). The summed E-state index contributed by atoms with van der Waals surface area (Å²) in [5.41, 5.74) is 0.920. The molecule has 0 unspecified atom stereocenters. The van der Waals surface area contributed by atoms with Crippen LogP contribution in [-0.4, -0.2) is 0 Å². The highest BCUT2D eigenvalue weighted by atomic mass is 35.5. The summed E-state index contributed by atoms with van der Waals surface area (Å²) < 4.78 is 1.00. The Hall–Kier alpha value is -0.860. The molecule has 0 radical (unpaired) electrons. The van der Waals surface area contributed by atoms with E-state index in [9.17, 15) is 4.79 Å². The summed E-state index contributed by atoms with van der Waals surface area (Å²) in [5.74, 6) is 0. The van der Waals surface area contributed by atoms with Gasteiger partial charge in [-0.2, -0.15) is 0 Å². The van der Waals surface area contributed by atoms with E-state index in [2.05, 4.69) is 0 Å². The highest BCUT2D eigenvalue weighted by molar-refractivity contribution is 7.18. The second-order valence-electron chi connectivity index (χ2n) is 3.25. The van der Waals surface area contributed by atoms with Gasteiger partial charge in [0.25, 0.3) is 0 Å². The first-order chi connectivity index (χ1) is 6.59. The number of aryl methyl sites for hydroxylation is 1. The zero-order chi connectivity index (χ0) is 10.3. The molecule has 0 fully saturated rings. The van der Waals surface area contributed by atoms with Gasteiger partial charge in [-0.05, 0) is 32.0 Å². The van der Waals surface area contributed by atoms with Gasteiger partial charge in [-0.1, -0.05) is 11.6 Å². The first-order valence-electron chi connectivity index (χ1n) is 4.29. The van der Waals surface area contributed by atoms with E-state index in [1.54, 1.807) is 17.4 Å². The molecular formula is C11H9ClOS. The standard InChI is InChI=1S/C11H9ClOS/c1-6-7(2)14-10-4-3-8(12)5-9(10)11(6)13/h3-5H,1-2H3. The van der Waals surface area contributed by atoms with E-state index in [-0.39, 0.29) is 5.43 Å². The zero-order valence-corrected chi connectivity index (χ0v) is 9.50. The molecule has 0 bridgehead atoms. The van der Waals surface area contributed by atoms with E-state index in [0.717, 1.165) is 20.5 Å². The molecule has 3 heteroatoms. The smallest absolute Gasteiger partial charge is 0.191 e. The van der Waals surface area contributed by atoms with Crippen molar-refractivity contribution in [3.63, 3.8) is 0 Å². The molecule has 0 amide bonds. The SMILES string of the molecule is Cc1sc2ccc(Cl)cc2c(=O)c1C. The van der Waals surface area contributed by atoms with E-state index >= 15 is 0 Å². The van der Waals surface area contributed by atoms with Gasteiger partial charge in [0, 0.05) is 25.5 Å². The third-order valence-corrected chi connectivity index (χ3v) is 3.74. The lowest BCUT2D eigenvalue weighted by molar-refractivity contribution is 1.38. The third-order valence-electron chi connectivity index (χ3n) is 2.32. The van der Waals surface area contributed by atoms with Crippen LogP contribution in [0.5, 0.6) is 0 Å². The van der Waals surface area contributed by atoms with Crippen LogP contribution in [0.3, 0.4) is 0 Å². The maximum Gasteiger partial charge on any atom is 0.191 e. The summed E-state index contributed by atoms with van der Waals surface area (Å²) in [6, 6.07) is 5.45. The molecule has 0 aliphatic carbocycles. The molecule has 1 aromatic carbocycles. The number of benzene rings is 1. The van der Waals surface area contributed by atoms with Crippen molar-refractivity contribution >= 4 is 33.0 Å². The van der Waals surface area contributed by atoms with Gasteiger partial charge in [-0.15, -0.1) is 11.3 Å². The van der Waals surface area contributed by atoms with Crippen LogP contribution < -0.4 is 5.43 Å². The molecule has 0 aliphatic heterocycles. The summed E-state index contributed by atoms with van der Waals surface area (Å²) in [5, 5.41) is 1.34. The fourth-order valence-corrected chi connectivity index (χ4v) is 2.52. The predicted octanol–water partition coefficient (Wildman–Crippen LogP) is 3.53. The van der Waals surface area contributed by atoms with Crippen molar-refractivity contribution in [2.75, 3.05) is 0 Å². The number of rotatable bonds is 0. The van der Waals surface area contributed by atoms with Crippen molar-refractivity contribution in [1.29, 1.82) is 0 Å². The van der Waals surface area contributed by atoms with Crippen LogP contribution in [0.1, 0.15) is 10.4 Å². The molecule has 1 aromatic heterocycles. The summed E-state index contributed by atoms with van der Waals surface area (Å²) in [6.07, 6.45) is 0. The average molecular weight is 225 g/mol. The van der Waals surface area contributed by atoms with Crippen LogP contribution in [0.25, 0.3) is 10.1 Å². The zero-order valence-electron chi connectivity index (χ0n) is 7.93. The fourth-order valence-electron chi connectivity index (χ4n) is 1.37. The summed E-state index contributed by atoms with van der Waals surface area (Å²) >= 11 is 7.48. The normalized spacial score (nSPS) is 10.8. The van der Waals surface area contributed by atoms with E-state index in [1.165, 1.54) is 0 Å². The lowest BCUT2D eigenvalue weighted by Crippen LogP contribution is -2.05. The van der Waals surface area contributed by atoms with Crippen LogP contribution in [0.15, 0.2) is 23.0 Å². The Morgan fingerprint density at radius 3 is 2.71 bits per heavy atom. The first kappa shape index (κ1) is 9.69. The minimum Gasteiger partial charge on any atom is -0.289 e. The predicted molar refractivity (Wildman–Crippen MR) is 62.6 cm³/mol. The third kappa shape index (κ3) is 1.45. The highest BCUT2D eigenvalue weighted by Crippen LogP contribution is 2.23.